The molecule has 0 atom stereocenters. The Kier molecular flexibility index (Phi) is 3.64. The first-order valence-corrected chi connectivity index (χ1v) is 6.88. The van der Waals surface area contributed by atoms with Gasteiger partial charge in [-0.05, 0) is 18.2 Å². The molecule has 0 amide bonds. The summed E-state index contributed by atoms with van der Waals surface area (Å²) in [6.07, 6.45) is 4.06. The highest BCUT2D eigenvalue weighted by Gasteiger charge is 2.20. The first-order chi connectivity index (χ1) is 9.04. The number of sulfonamides is 1. The van der Waals surface area contributed by atoms with E-state index in [0.29, 0.717) is 0 Å². The quantitative estimate of drug-likeness (QED) is 0.931. The Morgan fingerprint density at radius 1 is 1.32 bits per heavy atom. The lowest BCUT2D eigenvalue weighted by Crippen LogP contribution is -2.15. The molecule has 0 fully saturated rings. The maximum atomic E-state index is 12.1. The van der Waals surface area contributed by atoms with Gasteiger partial charge in [0.05, 0.1) is 16.9 Å². The Morgan fingerprint density at radius 2 is 2.11 bits per heavy atom. The van der Waals surface area contributed by atoms with Crippen LogP contribution in [0, 0.1) is 11.3 Å². The summed E-state index contributed by atoms with van der Waals surface area (Å²) < 4.78 is 26.6. The van der Waals surface area contributed by atoms with E-state index in [1.165, 1.54) is 36.8 Å². The van der Waals surface area contributed by atoms with Gasteiger partial charge in [-0.1, -0.05) is 11.6 Å². The summed E-state index contributed by atoms with van der Waals surface area (Å²) in [7, 11) is -3.94. The van der Waals surface area contributed by atoms with Crippen molar-refractivity contribution in [3.05, 3.63) is 47.5 Å². The molecule has 0 aliphatic rings. The summed E-state index contributed by atoms with van der Waals surface area (Å²) in [5, 5.41) is 9.07. The van der Waals surface area contributed by atoms with Gasteiger partial charge in [0.2, 0.25) is 0 Å². The number of rotatable bonds is 3. The van der Waals surface area contributed by atoms with E-state index < -0.39 is 10.0 Å². The largest absolute Gasteiger partial charge is 0.276 e. The minimum Gasteiger partial charge on any atom is -0.276 e. The zero-order valence-electron chi connectivity index (χ0n) is 9.41. The van der Waals surface area contributed by atoms with Crippen LogP contribution in [0.1, 0.15) is 5.69 Å². The molecule has 0 aliphatic heterocycles. The average Bonchev–Trinajstić information content (AvgIpc) is 2.41. The molecule has 2 aromatic rings. The molecular formula is C11H7ClN4O2S. The van der Waals surface area contributed by atoms with Crippen LogP contribution in [0.5, 0.6) is 0 Å². The predicted molar refractivity (Wildman–Crippen MR) is 69.0 cm³/mol. The number of halogens is 1. The molecule has 0 bridgehead atoms. The Morgan fingerprint density at radius 3 is 2.79 bits per heavy atom. The predicted octanol–water partition coefficient (Wildman–Crippen LogP) is 1.80. The zero-order chi connectivity index (χ0) is 13.9. The third-order valence-electron chi connectivity index (χ3n) is 2.18. The van der Waals surface area contributed by atoms with Crippen LogP contribution in [-0.4, -0.2) is 18.4 Å². The molecule has 0 saturated carbocycles. The minimum atomic E-state index is -3.94. The number of aromatic nitrogens is 2. The number of anilines is 1. The van der Waals surface area contributed by atoms with Crippen molar-refractivity contribution in [2.24, 2.45) is 0 Å². The van der Waals surface area contributed by atoms with Gasteiger partial charge in [-0.25, -0.2) is 13.4 Å². The van der Waals surface area contributed by atoms with Crippen LogP contribution >= 0.6 is 11.6 Å². The fourth-order valence-corrected chi connectivity index (χ4v) is 2.72. The lowest BCUT2D eigenvalue weighted by atomic mass is 10.4. The van der Waals surface area contributed by atoms with Crippen LogP contribution in [0.3, 0.4) is 0 Å². The van der Waals surface area contributed by atoms with Crippen LogP contribution in [-0.2, 0) is 10.0 Å². The molecule has 0 saturated heterocycles. The first kappa shape index (κ1) is 13.3. The van der Waals surface area contributed by atoms with E-state index in [2.05, 4.69) is 14.7 Å². The van der Waals surface area contributed by atoms with Crippen molar-refractivity contribution in [1.82, 2.24) is 9.97 Å². The number of nitrogens with one attached hydrogen (secondary N) is 1. The molecule has 6 nitrogen and oxygen atoms in total. The highest BCUT2D eigenvalue weighted by atomic mass is 35.5. The normalized spacial score (nSPS) is 10.7. The number of hydrogen-bond acceptors (Lipinski definition) is 5. The molecule has 2 aromatic heterocycles. The number of nitrogens with zero attached hydrogens (tertiary/aromatic N) is 3. The van der Waals surface area contributed by atoms with E-state index in [1.54, 1.807) is 6.07 Å². The summed E-state index contributed by atoms with van der Waals surface area (Å²) in [6, 6.07) is 5.90. The summed E-state index contributed by atoms with van der Waals surface area (Å²) in [4.78, 5) is 7.26. The van der Waals surface area contributed by atoms with E-state index >= 15 is 0 Å². The van der Waals surface area contributed by atoms with Crippen LogP contribution < -0.4 is 4.72 Å². The summed E-state index contributed by atoms with van der Waals surface area (Å²) in [5.74, 6) is 0. The molecule has 0 aliphatic carbocycles. The van der Waals surface area contributed by atoms with E-state index in [1.807, 2.05) is 0 Å². The SMILES string of the molecule is N#Cc1ncccc1S(=O)(=O)Nc1cnccc1Cl. The van der Waals surface area contributed by atoms with Gasteiger partial charge in [0.25, 0.3) is 10.0 Å². The van der Waals surface area contributed by atoms with Crippen molar-refractivity contribution < 1.29 is 8.42 Å². The van der Waals surface area contributed by atoms with Crippen LogP contribution in [0.15, 0.2) is 41.7 Å². The lowest BCUT2D eigenvalue weighted by Gasteiger charge is -2.09. The maximum absolute atomic E-state index is 12.1. The molecule has 96 valence electrons. The van der Waals surface area contributed by atoms with Gasteiger partial charge in [-0.3, -0.25) is 9.71 Å². The third kappa shape index (κ3) is 2.81. The van der Waals surface area contributed by atoms with Crippen molar-refractivity contribution in [1.29, 1.82) is 5.26 Å². The number of hydrogen-bond donors (Lipinski definition) is 1. The van der Waals surface area contributed by atoms with Crippen LogP contribution in [0.25, 0.3) is 0 Å². The van der Waals surface area contributed by atoms with Crippen molar-refractivity contribution in [2.45, 2.75) is 4.90 Å². The monoisotopic (exact) mass is 294 g/mol. The third-order valence-corrected chi connectivity index (χ3v) is 3.90. The fourth-order valence-electron chi connectivity index (χ4n) is 1.34. The highest BCUT2D eigenvalue weighted by Crippen LogP contribution is 2.23. The standard InChI is InChI=1S/C11H7ClN4O2S/c12-8-3-5-14-7-10(8)16-19(17,18)11-2-1-4-15-9(11)6-13/h1-5,7,16H. The molecular weight excluding hydrogens is 288 g/mol. The first-order valence-electron chi connectivity index (χ1n) is 5.02. The van der Waals surface area contributed by atoms with Crippen molar-refractivity contribution in [2.75, 3.05) is 4.72 Å². The van der Waals surface area contributed by atoms with Gasteiger partial charge in [0, 0.05) is 12.4 Å². The van der Waals surface area contributed by atoms with E-state index in [4.69, 9.17) is 16.9 Å². The lowest BCUT2D eigenvalue weighted by molar-refractivity contribution is 0.600. The van der Waals surface area contributed by atoms with Crippen molar-refractivity contribution >= 4 is 27.3 Å². The minimum absolute atomic E-state index is 0.136. The summed E-state index contributed by atoms with van der Waals surface area (Å²) in [5.41, 5.74) is -0.0491. The summed E-state index contributed by atoms with van der Waals surface area (Å²) >= 11 is 5.84. The second kappa shape index (κ2) is 5.22. The van der Waals surface area contributed by atoms with Crippen LogP contribution in [0.2, 0.25) is 5.02 Å². The summed E-state index contributed by atoms with van der Waals surface area (Å²) in [6.45, 7) is 0. The van der Waals surface area contributed by atoms with Crippen molar-refractivity contribution in [3.63, 3.8) is 0 Å². The number of nitriles is 1. The average molecular weight is 295 g/mol. The van der Waals surface area contributed by atoms with Gasteiger partial charge in [0.15, 0.2) is 5.69 Å². The van der Waals surface area contributed by atoms with Gasteiger partial charge in [-0.15, -0.1) is 0 Å². The second-order valence-corrected chi connectivity index (χ2v) is 5.48. The fraction of sp³-hybridized carbons (Fsp3) is 0. The molecule has 1 N–H and O–H groups in total. The van der Waals surface area contributed by atoms with Gasteiger partial charge < -0.3 is 0 Å². The van der Waals surface area contributed by atoms with Gasteiger partial charge in [-0.2, -0.15) is 5.26 Å². The molecule has 8 heteroatoms. The molecule has 0 unspecified atom stereocenters. The van der Waals surface area contributed by atoms with Gasteiger partial charge in [0.1, 0.15) is 11.0 Å². The zero-order valence-corrected chi connectivity index (χ0v) is 11.0. The molecule has 19 heavy (non-hydrogen) atoms. The smallest absolute Gasteiger partial charge is 0.264 e. The van der Waals surface area contributed by atoms with Crippen LogP contribution in [0.4, 0.5) is 5.69 Å². The Balaban J connectivity index is 2.45. The van der Waals surface area contributed by atoms with E-state index in [9.17, 15) is 8.42 Å². The number of pyridine rings is 2. The molecule has 2 heterocycles. The van der Waals surface area contributed by atoms with Gasteiger partial charge >= 0.3 is 0 Å². The van der Waals surface area contributed by atoms with Crippen molar-refractivity contribution in [3.8, 4) is 6.07 Å². The molecule has 0 aromatic carbocycles. The van der Waals surface area contributed by atoms with E-state index in [0.717, 1.165) is 0 Å². The molecule has 2 rings (SSSR count). The van der Waals surface area contributed by atoms with E-state index in [-0.39, 0.29) is 21.3 Å². The Hall–Kier alpha value is -2.17. The Bertz CT molecular complexity index is 755. The molecule has 0 radical (unpaired) electrons. The Labute approximate surface area is 114 Å². The maximum Gasteiger partial charge on any atom is 0.264 e. The molecule has 0 spiro atoms. The topological polar surface area (TPSA) is 95.7 Å². The highest BCUT2D eigenvalue weighted by molar-refractivity contribution is 7.92. The second-order valence-electron chi connectivity index (χ2n) is 3.42.